The number of rotatable bonds is 5. The molecular formula is C18H24ClFN4O. The Kier molecular flexibility index (Phi) is 6.56. The van der Waals surface area contributed by atoms with Crippen LogP contribution in [-0.4, -0.2) is 27.8 Å². The number of hydrogen-bond donors (Lipinski definition) is 2. The normalized spacial score (nSPS) is 16.1. The predicted octanol–water partition coefficient (Wildman–Crippen LogP) is 2.75. The summed E-state index contributed by atoms with van der Waals surface area (Å²) in [5.74, 6) is -0.326. The van der Waals surface area contributed by atoms with Crippen molar-refractivity contribution in [2.24, 2.45) is 5.73 Å². The fraction of sp³-hybridized carbons (Fsp3) is 0.444. The number of halogens is 2. The van der Waals surface area contributed by atoms with Gasteiger partial charge in [0.15, 0.2) is 0 Å². The van der Waals surface area contributed by atoms with E-state index in [-0.39, 0.29) is 24.1 Å². The zero-order valence-electron chi connectivity index (χ0n) is 14.1. The number of carbonyl (C=O) groups is 1. The molecule has 7 heteroatoms. The first-order chi connectivity index (χ1) is 11.6. The molecule has 0 aliphatic heterocycles. The highest BCUT2D eigenvalue weighted by Crippen LogP contribution is 2.25. The number of benzene rings is 1. The molecule has 1 aromatic heterocycles. The molecule has 1 heterocycles. The van der Waals surface area contributed by atoms with Gasteiger partial charge in [0.25, 0.3) is 0 Å². The van der Waals surface area contributed by atoms with Gasteiger partial charge in [0, 0.05) is 19.2 Å². The minimum Gasteiger partial charge on any atom is -0.354 e. The van der Waals surface area contributed by atoms with E-state index in [4.69, 9.17) is 5.73 Å². The summed E-state index contributed by atoms with van der Waals surface area (Å²) >= 11 is 0. The number of amides is 1. The monoisotopic (exact) mass is 366 g/mol. The van der Waals surface area contributed by atoms with E-state index in [1.54, 1.807) is 16.8 Å². The van der Waals surface area contributed by atoms with Crippen LogP contribution < -0.4 is 11.1 Å². The van der Waals surface area contributed by atoms with Gasteiger partial charge in [-0.1, -0.05) is 19.3 Å². The van der Waals surface area contributed by atoms with E-state index in [2.05, 4.69) is 10.4 Å². The summed E-state index contributed by atoms with van der Waals surface area (Å²) in [5.41, 5.74) is 7.18. The molecule has 0 unspecified atom stereocenters. The fourth-order valence-electron chi connectivity index (χ4n) is 3.12. The highest BCUT2D eigenvalue weighted by atomic mass is 35.5. The second-order valence-electron chi connectivity index (χ2n) is 6.45. The van der Waals surface area contributed by atoms with Crippen molar-refractivity contribution in [2.75, 3.05) is 6.54 Å². The van der Waals surface area contributed by atoms with Crippen LogP contribution in [0.4, 0.5) is 4.39 Å². The van der Waals surface area contributed by atoms with Crippen molar-refractivity contribution in [3.8, 4) is 5.69 Å². The summed E-state index contributed by atoms with van der Waals surface area (Å²) in [6, 6.07) is 8.06. The first kappa shape index (κ1) is 19.4. The molecule has 5 nitrogen and oxygen atoms in total. The Morgan fingerprint density at radius 1 is 1.20 bits per heavy atom. The molecule has 1 fully saturated rings. The van der Waals surface area contributed by atoms with Crippen LogP contribution in [-0.2, 0) is 11.2 Å². The Hall–Kier alpha value is -1.92. The molecule has 136 valence electrons. The van der Waals surface area contributed by atoms with Gasteiger partial charge in [-0.2, -0.15) is 5.10 Å². The van der Waals surface area contributed by atoms with Crippen LogP contribution >= 0.6 is 12.4 Å². The van der Waals surface area contributed by atoms with Gasteiger partial charge in [0.1, 0.15) is 5.82 Å². The average molecular weight is 367 g/mol. The molecule has 1 aromatic carbocycles. The van der Waals surface area contributed by atoms with E-state index in [0.717, 1.165) is 43.5 Å². The second-order valence-corrected chi connectivity index (χ2v) is 6.45. The van der Waals surface area contributed by atoms with E-state index >= 15 is 0 Å². The van der Waals surface area contributed by atoms with Gasteiger partial charge in [-0.3, -0.25) is 4.79 Å². The largest absolute Gasteiger partial charge is 0.354 e. The molecule has 0 radical (unpaired) electrons. The smallest absolute Gasteiger partial charge is 0.240 e. The lowest BCUT2D eigenvalue weighted by atomic mass is 9.82. The standard InChI is InChI=1S/C18H23FN4O.ClH/c19-14-4-6-16(7-5-14)23-13-9-15(22-23)8-12-21-17(24)18(20)10-2-1-3-11-18;/h4-7,9,13H,1-3,8,10-12,20H2,(H,21,24);1H. The molecule has 1 saturated carbocycles. The third-order valence-electron chi connectivity index (χ3n) is 4.60. The van der Waals surface area contributed by atoms with Crippen LogP contribution in [0.3, 0.4) is 0 Å². The van der Waals surface area contributed by atoms with E-state index in [1.165, 1.54) is 12.1 Å². The van der Waals surface area contributed by atoms with Crippen LogP contribution in [0.25, 0.3) is 5.69 Å². The minimum absolute atomic E-state index is 0. The molecule has 1 amide bonds. The minimum atomic E-state index is -0.703. The van der Waals surface area contributed by atoms with Crippen molar-refractivity contribution in [3.63, 3.8) is 0 Å². The van der Waals surface area contributed by atoms with Gasteiger partial charge < -0.3 is 11.1 Å². The summed E-state index contributed by atoms with van der Waals surface area (Å²) in [6.07, 6.45) is 7.19. The van der Waals surface area contributed by atoms with Crippen molar-refractivity contribution < 1.29 is 9.18 Å². The lowest BCUT2D eigenvalue weighted by molar-refractivity contribution is -0.127. The van der Waals surface area contributed by atoms with Crippen LogP contribution in [0.1, 0.15) is 37.8 Å². The predicted molar refractivity (Wildman–Crippen MR) is 97.5 cm³/mol. The Labute approximate surface area is 153 Å². The summed E-state index contributed by atoms with van der Waals surface area (Å²) in [6.45, 7) is 0.512. The Balaban J connectivity index is 0.00000225. The SMILES string of the molecule is Cl.NC1(C(=O)NCCc2ccn(-c3ccc(F)cc3)n2)CCCCC1. The lowest BCUT2D eigenvalue weighted by Gasteiger charge is -2.31. The molecule has 2 aromatic rings. The van der Waals surface area contributed by atoms with Crippen molar-refractivity contribution in [2.45, 2.75) is 44.1 Å². The maximum atomic E-state index is 13.0. The summed E-state index contributed by atoms with van der Waals surface area (Å²) in [5, 5.41) is 7.38. The lowest BCUT2D eigenvalue weighted by Crippen LogP contribution is -2.55. The van der Waals surface area contributed by atoms with Gasteiger partial charge >= 0.3 is 0 Å². The molecule has 3 N–H and O–H groups in total. The number of nitrogens with two attached hydrogens (primary N) is 1. The molecule has 25 heavy (non-hydrogen) atoms. The van der Waals surface area contributed by atoms with E-state index < -0.39 is 5.54 Å². The van der Waals surface area contributed by atoms with Crippen LogP contribution in [0.2, 0.25) is 0 Å². The fourth-order valence-corrected chi connectivity index (χ4v) is 3.12. The van der Waals surface area contributed by atoms with E-state index in [1.807, 2.05) is 12.3 Å². The number of hydrogen-bond acceptors (Lipinski definition) is 3. The van der Waals surface area contributed by atoms with Crippen LogP contribution in [0.5, 0.6) is 0 Å². The third kappa shape index (κ3) is 4.80. The number of nitrogens with zero attached hydrogens (tertiary/aromatic N) is 2. The zero-order chi connectivity index (χ0) is 17.0. The Morgan fingerprint density at radius 3 is 2.56 bits per heavy atom. The maximum Gasteiger partial charge on any atom is 0.240 e. The second kappa shape index (κ2) is 8.45. The molecule has 1 aliphatic carbocycles. The summed E-state index contributed by atoms with van der Waals surface area (Å²) in [4.78, 5) is 12.3. The van der Waals surface area contributed by atoms with Gasteiger partial charge in [-0.05, 0) is 43.2 Å². The maximum absolute atomic E-state index is 13.0. The average Bonchev–Trinajstić information content (AvgIpc) is 3.05. The van der Waals surface area contributed by atoms with Gasteiger partial charge in [0.2, 0.25) is 5.91 Å². The van der Waals surface area contributed by atoms with Crippen LogP contribution in [0.15, 0.2) is 36.5 Å². The van der Waals surface area contributed by atoms with Crippen molar-refractivity contribution in [3.05, 3.63) is 48.0 Å². The zero-order valence-corrected chi connectivity index (χ0v) is 14.9. The van der Waals surface area contributed by atoms with Gasteiger partial charge in [-0.25, -0.2) is 9.07 Å². The molecule has 0 bridgehead atoms. The molecule has 0 spiro atoms. The van der Waals surface area contributed by atoms with E-state index in [9.17, 15) is 9.18 Å². The number of carbonyl (C=O) groups excluding carboxylic acids is 1. The molecule has 0 saturated heterocycles. The molecule has 3 rings (SSSR count). The molecule has 1 aliphatic rings. The van der Waals surface area contributed by atoms with Crippen molar-refractivity contribution in [1.29, 1.82) is 0 Å². The van der Waals surface area contributed by atoms with Crippen molar-refractivity contribution >= 4 is 18.3 Å². The molecular weight excluding hydrogens is 343 g/mol. The number of aromatic nitrogens is 2. The van der Waals surface area contributed by atoms with Gasteiger partial charge in [0.05, 0.1) is 16.9 Å². The highest BCUT2D eigenvalue weighted by Gasteiger charge is 2.34. The van der Waals surface area contributed by atoms with Crippen LogP contribution in [0, 0.1) is 5.82 Å². The third-order valence-corrected chi connectivity index (χ3v) is 4.60. The first-order valence-corrected chi connectivity index (χ1v) is 8.44. The Morgan fingerprint density at radius 2 is 1.88 bits per heavy atom. The van der Waals surface area contributed by atoms with E-state index in [0.29, 0.717) is 13.0 Å². The van der Waals surface area contributed by atoms with Crippen molar-refractivity contribution in [1.82, 2.24) is 15.1 Å². The van der Waals surface area contributed by atoms with Gasteiger partial charge in [-0.15, -0.1) is 12.4 Å². The summed E-state index contributed by atoms with van der Waals surface area (Å²) in [7, 11) is 0. The topological polar surface area (TPSA) is 72.9 Å². The number of nitrogens with one attached hydrogen (secondary N) is 1. The quantitative estimate of drug-likeness (QED) is 0.854. The Bertz CT molecular complexity index is 695. The molecule has 0 atom stereocenters. The first-order valence-electron chi connectivity index (χ1n) is 8.44. The highest BCUT2D eigenvalue weighted by molar-refractivity contribution is 5.86. The summed E-state index contributed by atoms with van der Waals surface area (Å²) < 4.78 is 14.7.